The van der Waals surface area contributed by atoms with Crippen molar-refractivity contribution in [2.75, 3.05) is 10.8 Å². The van der Waals surface area contributed by atoms with Crippen LogP contribution < -0.4 is 4.31 Å². The number of nitriles is 1. The van der Waals surface area contributed by atoms with Crippen LogP contribution in [0.3, 0.4) is 0 Å². The normalized spacial score (nSPS) is 11.8. The molecule has 0 amide bonds. The lowest BCUT2D eigenvalue weighted by atomic mass is 10.2. The van der Waals surface area contributed by atoms with Gasteiger partial charge in [0, 0.05) is 6.54 Å². The Hall–Kier alpha value is -2.53. The van der Waals surface area contributed by atoms with E-state index in [2.05, 4.69) is 0 Å². The van der Waals surface area contributed by atoms with Crippen LogP contribution in [-0.2, 0) is 16.2 Å². The maximum Gasteiger partial charge on any atom is 0.416 e. The van der Waals surface area contributed by atoms with Crippen molar-refractivity contribution in [2.45, 2.75) is 17.5 Å². The van der Waals surface area contributed by atoms with Crippen LogP contribution in [-0.4, -0.2) is 15.0 Å². The van der Waals surface area contributed by atoms with E-state index in [1.807, 2.05) is 6.07 Å². The Kier molecular flexibility index (Phi) is 5.14. The van der Waals surface area contributed by atoms with Crippen molar-refractivity contribution < 1.29 is 21.6 Å². The quantitative estimate of drug-likeness (QED) is 0.820. The SMILES string of the molecule is N#CCCN(c1ccccc1)S(=O)(=O)c1cccc(C(F)(F)F)c1. The molecule has 0 fully saturated rings. The van der Waals surface area contributed by atoms with E-state index in [0.29, 0.717) is 6.07 Å². The molecule has 0 aliphatic heterocycles. The van der Waals surface area contributed by atoms with E-state index >= 15 is 0 Å². The van der Waals surface area contributed by atoms with Gasteiger partial charge in [0.15, 0.2) is 0 Å². The number of benzene rings is 2. The highest BCUT2D eigenvalue weighted by Gasteiger charge is 2.33. The van der Waals surface area contributed by atoms with E-state index in [1.54, 1.807) is 18.2 Å². The van der Waals surface area contributed by atoms with Crippen LogP contribution in [0.5, 0.6) is 0 Å². The highest BCUT2D eigenvalue weighted by atomic mass is 32.2. The zero-order chi connectivity index (χ0) is 17.8. The summed E-state index contributed by atoms with van der Waals surface area (Å²) in [5.41, 5.74) is -0.762. The zero-order valence-corrected chi connectivity index (χ0v) is 13.2. The summed E-state index contributed by atoms with van der Waals surface area (Å²) >= 11 is 0. The maximum atomic E-state index is 12.8. The Morgan fingerprint density at radius 1 is 1.04 bits per heavy atom. The van der Waals surface area contributed by atoms with Gasteiger partial charge in [-0.3, -0.25) is 4.31 Å². The molecule has 2 rings (SSSR count). The second-order valence-corrected chi connectivity index (χ2v) is 6.71. The predicted octanol–water partition coefficient (Wildman–Crippen LogP) is 3.81. The molecule has 0 radical (unpaired) electrons. The molecule has 0 aromatic heterocycles. The third-order valence-electron chi connectivity index (χ3n) is 3.22. The first-order valence-electron chi connectivity index (χ1n) is 6.89. The summed E-state index contributed by atoms with van der Waals surface area (Å²) in [6.07, 6.45) is -4.73. The van der Waals surface area contributed by atoms with Crippen LogP contribution in [0.4, 0.5) is 18.9 Å². The number of para-hydroxylation sites is 1. The fraction of sp³-hybridized carbons (Fsp3) is 0.188. The standard InChI is InChI=1S/C16H13F3N2O2S/c17-16(18,19)13-6-4-9-15(12-13)24(22,23)21(11-5-10-20)14-7-2-1-3-8-14/h1-4,6-9,12H,5,11H2. The van der Waals surface area contributed by atoms with Crippen LogP contribution in [0.15, 0.2) is 59.5 Å². The van der Waals surface area contributed by atoms with Gasteiger partial charge in [-0.2, -0.15) is 18.4 Å². The molecule has 0 N–H and O–H groups in total. The number of sulfonamides is 1. The van der Waals surface area contributed by atoms with Gasteiger partial charge < -0.3 is 0 Å². The van der Waals surface area contributed by atoms with Gasteiger partial charge in [0.2, 0.25) is 0 Å². The van der Waals surface area contributed by atoms with Crippen molar-refractivity contribution in [1.29, 1.82) is 5.26 Å². The number of hydrogen-bond donors (Lipinski definition) is 0. The van der Waals surface area contributed by atoms with E-state index in [4.69, 9.17) is 5.26 Å². The van der Waals surface area contributed by atoms with Crippen LogP contribution in [0.1, 0.15) is 12.0 Å². The van der Waals surface area contributed by atoms with Gasteiger partial charge in [-0.15, -0.1) is 0 Å². The second-order valence-electron chi connectivity index (χ2n) is 4.85. The molecule has 0 unspecified atom stereocenters. The smallest absolute Gasteiger partial charge is 0.265 e. The summed E-state index contributed by atoms with van der Waals surface area (Å²) in [5, 5.41) is 8.73. The minimum absolute atomic E-state index is 0.0902. The number of anilines is 1. The maximum absolute atomic E-state index is 12.8. The third kappa shape index (κ3) is 3.86. The van der Waals surface area contributed by atoms with Crippen molar-refractivity contribution in [1.82, 2.24) is 0 Å². The van der Waals surface area contributed by atoms with E-state index in [9.17, 15) is 21.6 Å². The molecule has 0 bridgehead atoms. The lowest BCUT2D eigenvalue weighted by Crippen LogP contribution is -2.32. The Morgan fingerprint density at radius 2 is 1.71 bits per heavy atom. The van der Waals surface area contributed by atoms with E-state index in [-0.39, 0.29) is 18.7 Å². The molecule has 0 spiro atoms. The summed E-state index contributed by atoms with van der Waals surface area (Å²) in [6.45, 7) is -0.154. The molecule has 24 heavy (non-hydrogen) atoms. The van der Waals surface area contributed by atoms with Crippen molar-refractivity contribution >= 4 is 15.7 Å². The summed E-state index contributed by atoms with van der Waals surface area (Å²) in [4.78, 5) is -0.473. The minimum atomic E-state index is -4.64. The molecule has 2 aromatic carbocycles. The summed E-state index contributed by atoms with van der Waals surface area (Å²) < 4.78 is 65.0. The molecule has 0 saturated heterocycles. The second kappa shape index (κ2) is 6.93. The van der Waals surface area contributed by atoms with E-state index in [0.717, 1.165) is 22.5 Å². The summed E-state index contributed by atoms with van der Waals surface area (Å²) in [5.74, 6) is 0. The van der Waals surface area contributed by atoms with Gasteiger partial charge in [-0.25, -0.2) is 8.42 Å². The number of nitrogens with zero attached hydrogens (tertiary/aromatic N) is 2. The molecule has 0 atom stereocenters. The Balaban J connectivity index is 2.51. The van der Waals surface area contributed by atoms with Gasteiger partial charge in [0.1, 0.15) is 0 Å². The first kappa shape index (κ1) is 17.8. The molecular formula is C16H13F3N2O2S. The van der Waals surface area contributed by atoms with Crippen LogP contribution >= 0.6 is 0 Å². The number of hydrogen-bond acceptors (Lipinski definition) is 3. The van der Waals surface area contributed by atoms with Gasteiger partial charge in [0.25, 0.3) is 10.0 Å². The third-order valence-corrected chi connectivity index (χ3v) is 5.04. The average Bonchev–Trinajstić information content (AvgIpc) is 2.55. The van der Waals surface area contributed by atoms with Gasteiger partial charge in [-0.05, 0) is 30.3 Å². The van der Waals surface area contributed by atoms with Gasteiger partial charge in [0.05, 0.1) is 28.6 Å². The summed E-state index contributed by atoms with van der Waals surface area (Å²) in [7, 11) is -4.23. The Morgan fingerprint density at radius 3 is 2.29 bits per heavy atom. The molecule has 2 aromatic rings. The Bertz CT molecular complexity index is 844. The fourth-order valence-electron chi connectivity index (χ4n) is 2.09. The molecule has 0 heterocycles. The lowest BCUT2D eigenvalue weighted by Gasteiger charge is -2.24. The highest BCUT2D eigenvalue weighted by molar-refractivity contribution is 7.92. The molecule has 0 aliphatic rings. The molecular weight excluding hydrogens is 341 g/mol. The largest absolute Gasteiger partial charge is 0.416 e. The Labute approximate surface area is 137 Å². The predicted molar refractivity (Wildman–Crippen MR) is 82.6 cm³/mol. The minimum Gasteiger partial charge on any atom is -0.265 e. The van der Waals surface area contributed by atoms with Crippen LogP contribution in [0, 0.1) is 11.3 Å². The van der Waals surface area contributed by atoms with Crippen molar-refractivity contribution in [2.24, 2.45) is 0 Å². The number of rotatable bonds is 5. The molecule has 0 saturated carbocycles. The topological polar surface area (TPSA) is 61.2 Å². The number of halogens is 3. The average molecular weight is 354 g/mol. The van der Waals surface area contributed by atoms with Crippen molar-refractivity contribution in [3.8, 4) is 6.07 Å². The first-order chi connectivity index (χ1) is 11.3. The monoisotopic (exact) mass is 354 g/mol. The van der Waals surface area contributed by atoms with Gasteiger partial charge in [-0.1, -0.05) is 24.3 Å². The highest BCUT2D eigenvalue weighted by Crippen LogP contribution is 2.32. The van der Waals surface area contributed by atoms with E-state index in [1.165, 1.54) is 12.1 Å². The van der Waals surface area contributed by atoms with Gasteiger partial charge >= 0.3 is 6.18 Å². The van der Waals surface area contributed by atoms with Crippen LogP contribution in [0.25, 0.3) is 0 Å². The first-order valence-corrected chi connectivity index (χ1v) is 8.33. The van der Waals surface area contributed by atoms with Crippen LogP contribution in [0.2, 0.25) is 0 Å². The van der Waals surface area contributed by atoms with Crippen molar-refractivity contribution in [3.05, 3.63) is 60.2 Å². The zero-order valence-electron chi connectivity index (χ0n) is 12.4. The summed E-state index contributed by atoms with van der Waals surface area (Å²) in [6, 6.07) is 13.3. The molecule has 126 valence electrons. The molecule has 8 heteroatoms. The van der Waals surface area contributed by atoms with E-state index < -0.39 is 26.7 Å². The molecule has 0 aliphatic carbocycles. The number of alkyl halides is 3. The lowest BCUT2D eigenvalue weighted by molar-refractivity contribution is -0.137. The molecule has 4 nitrogen and oxygen atoms in total. The van der Waals surface area contributed by atoms with Crippen molar-refractivity contribution in [3.63, 3.8) is 0 Å². The fourth-order valence-corrected chi connectivity index (χ4v) is 3.61.